The Morgan fingerprint density at radius 2 is 0.823 bits per heavy atom. The largest absolute Gasteiger partial charge is 0.508 e. The first-order chi connectivity index (χ1) is 29.5. The average molecular weight is 825 g/mol. The molecule has 0 spiro atoms. The molecule has 6 aromatic carbocycles. The molecule has 0 atom stereocenters. The van der Waals surface area contributed by atoms with E-state index < -0.39 is 5.91 Å². The molecule has 0 unspecified atom stereocenters. The van der Waals surface area contributed by atoms with Crippen LogP contribution >= 0.6 is 0 Å². The van der Waals surface area contributed by atoms with E-state index in [1.54, 1.807) is 6.07 Å². The van der Waals surface area contributed by atoms with Gasteiger partial charge < -0.3 is 21.3 Å². The van der Waals surface area contributed by atoms with Crippen LogP contribution in [0.4, 0.5) is 0 Å². The van der Waals surface area contributed by atoms with Crippen molar-refractivity contribution in [2.45, 2.75) is 95.3 Å². The zero-order chi connectivity index (χ0) is 41.6. The number of primary amides is 2. The van der Waals surface area contributed by atoms with Gasteiger partial charge in [-0.25, -0.2) is 0 Å². The van der Waals surface area contributed by atoms with Crippen LogP contribution in [-0.2, 0) is 10.8 Å². The highest BCUT2D eigenvalue weighted by atomic mass is 16.5. The fraction of sp³-hybridized carbons (Fsp3) is 0.393. The lowest BCUT2D eigenvalue weighted by Crippen LogP contribution is -2.48. The highest BCUT2D eigenvalue weighted by Gasteiger charge is 2.53. The lowest BCUT2D eigenvalue weighted by molar-refractivity contribution is -0.00626. The monoisotopic (exact) mass is 824 g/mol. The van der Waals surface area contributed by atoms with Crippen molar-refractivity contribution in [3.05, 3.63) is 131 Å². The molecule has 2 amide bonds. The minimum Gasteiger partial charge on any atom is -0.508 e. The molecule has 0 aliphatic heterocycles. The third-order valence-electron chi connectivity index (χ3n) is 16.3. The predicted molar refractivity (Wildman–Crippen MR) is 250 cm³/mol. The smallest absolute Gasteiger partial charge is 0.248 e. The molecule has 0 saturated heterocycles. The van der Waals surface area contributed by atoms with Crippen molar-refractivity contribution in [2.24, 2.45) is 47.0 Å². The first-order valence-electron chi connectivity index (χ1n) is 22.7. The van der Waals surface area contributed by atoms with Crippen LogP contribution in [0.15, 0.2) is 109 Å². The lowest BCUT2D eigenvalue weighted by Gasteiger charge is -2.57. The minimum atomic E-state index is -0.403. The number of hydrogen-bond donors (Lipinski definition) is 3. The summed E-state index contributed by atoms with van der Waals surface area (Å²) in [6.45, 7) is 0. The molecular weight excluding hydrogens is 765 g/mol. The highest BCUT2D eigenvalue weighted by Crippen LogP contribution is 2.63. The van der Waals surface area contributed by atoms with Crippen molar-refractivity contribution < 1.29 is 19.4 Å². The normalized spacial score (nSPS) is 28.6. The Bertz CT molecular complexity index is 2680. The van der Waals surface area contributed by atoms with Crippen molar-refractivity contribution in [2.75, 3.05) is 7.11 Å². The molecule has 0 aromatic heterocycles. The second-order valence-electron chi connectivity index (χ2n) is 20.3. The minimum absolute atomic E-state index is 0. The van der Waals surface area contributed by atoms with Crippen LogP contribution in [0.3, 0.4) is 0 Å². The third kappa shape index (κ3) is 7.04. The molecule has 318 valence electrons. The van der Waals surface area contributed by atoms with Gasteiger partial charge in [-0.2, -0.15) is 0 Å². The molecule has 14 rings (SSSR count). The van der Waals surface area contributed by atoms with E-state index >= 15 is 0 Å². The van der Waals surface area contributed by atoms with E-state index in [0.29, 0.717) is 22.3 Å². The SMILES string of the molecule is C.COc1ccc(-c2ccc3cc(C(N)=O)ccc3c2)cc1C12CC3CC(CC(C3)C1)C2.NC(=O)c1ccc2cc(-c3ccc(O)c(C45CC6CC(CC(C6)C4)C5)c3)ccc2c1. The number of methoxy groups -OCH3 is 1. The molecule has 62 heavy (non-hydrogen) atoms. The summed E-state index contributed by atoms with van der Waals surface area (Å²) in [4.78, 5) is 23.0. The van der Waals surface area contributed by atoms with Gasteiger partial charge in [0.25, 0.3) is 0 Å². The molecule has 0 radical (unpaired) electrons. The van der Waals surface area contributed by atoms with E-state index in [2.05, 4.69) is 54.6 Å². The lowest BCUT2D eigenvalue weighted by atomic mass is 9.48. The fourth-order valence-electron chi connectivity index (χ4n) is 14.5. The molecule has 8 saturated carbocycles. The molecule has 8 bridgehead atoms. The quantitative estimate of drug-likeness (QED) is 0.149. The molecule has 8 aliphatic carbocycles. The maximum atomic E-state index is 11.5. The summed E-state index contributed by atoms with van der Waals surface area (Å²) in [6.07, 6.45) is 16.2. The molecule has 0 heterocycles. The van der Waals surface area contributed by atoms with Gasteiger partial charge in [-0.05, 0) is 228 Å². The summed E-state index contributed by atoms with van der Waals surface area (Å²) in [6, 6.07) is 37.0. The summed E-state index contributed by atoms with van der Waals surface area (Å²) in [5.41, 5.74) is 19.7. The summed E-state index contributed by atoms with van der Waals surface area (Å²) in [5, 5.41) is 15.1. The Morgan fingerprint density at radius 1 is 0.484 bits per heavy atom. The van der Waals surface area contributed by atoms with Gasteiger partial charge >= 0.3 is 0 Å². The third-order valence-corrected chi connectivity index (χ3v) is 16.3. The number of carbonyl (C=O) groups excluding carboxylic acids is 2. The number of benzene rings is 6. The number of phenolic OH excluding ortho intramolecular Hbond substituents is 1. The van der Waals surface area contributed by atoms with Crippen LogP contribution in [0.5, 0.6) is 11.5 Å². The number of hydrogen-bond acceptors (Lipinski definition) is 4. The van der Waals surface area contributed by atoms with Crippen molar-refractivity contribution in [1.82, 2.24) is 0 Å². The topological polar surface area (TPSA) is 116 Å². The van der Waals surface area contributed by atoms with E-state index in [1.165, 1.54) is 99.3 Å². The Labute approximate surface area is 366 Å². The first kappa shape index (κ1) is 40.5. The number of fused-ring (bicyclic) bond motifs is 2. The maximum Gasteiger partial charge on any atom is 0.248 e. The summed E-state index contributed by atoms with van der Waals surface area (Å²) >= 11 is 0. The summed E-state index contributed by atoms with van der Waals surface area (Å²) in [7, 11) is 1.81. The number of aromatic hydroxyl groups is 1. The number of phenols is 1. The maximum absolute atomic E-state index is 11.5. The van der Waals surface area contributed by atoms with Gasteiger partial charge in [0.05, 0.1) is 7.11 Å². The fourth-order valence-corrected chi connectivity index (χ4v) is 14.5. The summed E-state index contributed by atoms with van der Waals surface area (Å²) < 4.78 is 5.89. The molecule has 6 nitrogen and oxygen atoms in total. The first-order valence-corrected chi connectivity index (χ1v) is 22.7. The number of carbonyl (C=O) groups is 2. The molecule has 5 N–H and O–H groups in total. The second kappa shape index (κ2) is 15.3. The average Bonchev–Trinajstić information content (AvgIpc) is 3.25. The second-order valence-corrected chi connectivity index (χ2v) is 20.3. The van der Waals surface area contributed by atoms with Gasteiger partial charge in [0.1, 0.15) is 11.5 Å². The number of nitrogens with two attached hydrogens (primary N) is 2. The van der Waals surface area contributed by atoms with Gasteiger partial charge in [-0.15, -0.1) is 0 Å². The molecule has 6 aromatic rings. The van der Waals surface area contributed by atoms with E-state index in [0.717, 1.165) is 73.9 Å². The van der Waals surface area contributed by atoms with Gasteiger partial charge in [-0.3, -0.25) is 9.59 Å². The molecule has 6 heteroatoms. The van der Waals surface area contributed by atoms with Crippen molar-refractivity contribution in [1.29, 1.82) is 0 Å². The summed E-state index contributed by atoms with van der Waals surface area (Å²) in [5.74, 6) is 5.98. The van der Waals surface area contributed by atoms with Gasteiger partial charge in [0, 0.05) is 22.3 Å². The van der Waals surface area contributed by atoms with E-state index in [9.17, 15) is 14.7 Å². The molecule has 8 aliphatic rings. The Balaban J connectivity index is 0.000000146. The molecular formula is C56H60N2O4. The van der Waals surface area contributed by atoms with Crippen molar-refractivity contribution in [3.63, 3.8) is 0 Å². The van der Waals surface area contributed by atoms with Gasteiger partial charge in [0.15, 0.2) is 0 Å². The Hall–Kier alpha value is -5.62. The van der Waals surface area contributed by atoms with Crippen LogP contribution in [0.1, 0.15) is 116 Å². The van der Waals surface area contributed by atoms with E-state index in [-0.39, 0.29) is 18.7 Å². The van der Waals surface area contributed by atoms with Gasteiger partial charge in [0.2, 0.25) is 11.8 Å². The zero-order valence-corrected chi connectivity index (χ0v) is 35.2. The van der Waals surface area contributed by atoms with E-state index in [1.807, 2.05) is 55.6 Å². The van der Waals surface area contributed by atoms with Crippen LogP contribution in [0, 0.1) is 35.5 Å². The van der Waals surface area contributed by atoms with Crippen molar-refractivity contribution >= 4 is 33.4 Å². The van der Waals surface area contributed by atoms with Crippen LogP contribution in [-0.4, -0.2) is 24.0 Å². The highest BCUT2D eigenvalue weighted by molar-refractivity contribution is 5.99. The Kier molecular flexibility index (Phi) is 10.00. The number of rotatable bonds is 7. The predicted octanol–water partition coefficient (Wildman–Crippen LogP) is 12.5. The Morgan fingerprint density at radius 3 is 1.24 bits per heavy atom. The van der Waals surface area contributed by atoms with Crippen LogP contribution in [0.25, 0.3) is 43.8 Å². The van der Waals surface area contributed by atoms with Crippen LogP contribution < -0.4 is 16.2 Å². The van der Waals surface area contributed by atoms with Gasteiger partial charge in [-0.1, -0.05) is 56.0 Å². The number of ether oxygens (including phenoxy) is 1. The van der Waals surface area contributed by atoms with Crippen molar-refractivity contribution in [3.8, 4) is 33.8 Å². The standard InChI is InChI=1S/C28H29NO2.C27H27NO2.CH4/c1-31-26-7-6-23(21-2-3-22-12-24(27(29)30)5-4-20(22)11-21)13-25(26)28-14-17-8-18(15-28)10-19(9-17)16-28;28-26(30)23-4-3-19-10-20(1-2-21(19)11-23)22-5-6-25(29)24(12-22)27-13-16-7-17(14-27)9-18(8-16)15-27;/h2-7,11-13,17-19H,8-10,14-16H2,1H3,(H2,29,30);1-6,10-12,16-18,29H,7-9,13-15H2,(H2,28,30);1H4. The molecule has 8 fully saturated rings. The van der Waals surface area contributed by atoms with Crippen LogP contribution in [0.2, 0.25) is 0 Å². The number of amides is 2. The van der Waals surface area contributed by atoms with E-state index in [4.69, 9.17) is 16.2 Å². The zero-order valence-electron chi connectivity index (χ0n) is 35.2.